The predicted molar refractivity (Wildman–Crippen MR) is 31.6 cm³/mol. The highest BCUT2D eigenvalue weighted by Gasteiger charge is 2.13. The maximum atomic E-state index is 5.03. The molecule has 0 saturated heterocycles. The smallest absolute Gasteiger partial charge is 0.481 e. The first kappa shape index (κ1) is 8.41. The van der Waals surface area contributed by atoms with Gasteiger partial charge in [-0.1, -0.05) is 5.79 Å². The minimum absolute atomic E-state index is 0.348. The Morgan fingerprint density at radius 2 is 2.00 bits per heavy atom. The van der Waals surface area contributed by atoms with Crippen molar-refractivity contribution in [2.24, 2.45) is 0 Å². The Hall–Kier alpha value is 0.412. The Balaban J connectivity index is 2.86. The molecule has 0 aliphatic rings. The third-order valence-corrected chi connectivity index (χ3v) is 2.02. The average molecular weight is 134 g/mol. The van der Waals surface area contributed by atoms with Crippen molar-refractivity contribution in [2.45, 2.75) is 5.79 Å². The molecule has 8 heavy (non-hydrogen) atoms. The first-order valence-corrected chi connectivity index (χ1v) is 4.54. The summed E-state index contributed by atoms with van der Waals surface area (Å²) in [7, 11) is 3.24. The summed E-state index contributed by atoms with van der Waals surface area (Å²) in [6.45, 7) is 0.348. The molecule has 0 bridgehead atoms. The molecule has 0 amide bonds. The second kappa shape index (κ2) is 5.55. The first-order chi connectivity index (χ1) is 3.81. The molecule has 0 unspecified atom stereocenters. The van der Waals surface area contributed by atoms with Gasteiger partial charge in [0.15, 0.2) is 0 Å². The summed E-state index contributed by atoms with van der Waals surface area (Å²) >= 11 is -1.32. The van der Waals surface area contributed by atoms with E-state index in [0.29, 0.717) is 6.79 Å². The Morgan fingerprint density at radius 3 is 2.38 bits per heavy atom. The van der Waals surface area contributed by atoms with Gasteiger partial charge in [0.05, 0.1) is 0 Å². The Morgan fingerprint density at radius 1 is 1.38 bits per heavy atom. The molecule has 0 aromatic heterocycles. The molecule has 3 nitrogen and oxygen atoms in total. The molecule has 0 saturated carbocycles. The Kier molecular flexibility index (Phi) is 5.83. The van der Waals surface area contributed by atoms with Gasteiger partial charge >= 0.3 is 14.8 Å². The summed E-state index contributed by atoms with van der Waals surface area (Å²) < 4.78 is 14.6. The highest BCUT2D eigenvalue weighted by molar-refractivity contribution is 6.42. The third kappa shape index (κ3) is 4.57. The molecule has 0 N–H and O–H groups in total. The van der Waals surface area contributed by atoms with Crippen molar-refractivity contribution in [3.63, 3.8) is 0 Å². The van der Waals surface area contributed by atoms with E-state index in [1.807, 2.05) is 5.79 Å². The van der Waals surface area contributed by atoms with Crippen molar-refractivity contribution in [3.05, 3.63) is 0 Å². The quantitative estimate of drug-likeness (QED) is 0.410. The van der Waals surface area contributed by atoms with Gasteiger partial charge in [0.25, 0.3) is 0 Å². The van der Waals surface area contributed by atoms with Crippen LogP contribution in [0, 0.1) is 0 Å². The number of hydrogen-bond donors (Lipinski definition) is 0. The van der Waals surface area contributed by atoms with Crippen molar-refractivity contribution < 1.29 is 12.3 Å². The van der Waals surface area contributed by atoms with Crippen LogP contribution in [0.2, 0.25) is 5.79 Å². The molecule has 0 aliphatic heterocycles. The molecule has 0 spiro atoms. The van der Waals surface area contributed by atoms with E-state index in [2.05, 4.69) is 4.74 Å². The lowest BCUT2D eigenvalue weighted by Gasteiger charge is -2.03. The summed E-state index contributed by atoms with van der Waals surface area (Å²) in [5, 5.41) is 0. The molecule has 0 aliphatic carbocycles. The van der Waals surface area contributed by atoms with Crippen molar-refractivity contribution in [1.29, 1.82) is 0 Å². The lowest BCUT2D eigenvalue weighted by atomic mass is 11.4. The van der Waals surface area contributed by atoms with Crippen LogP contribution >= 0.6 is 0 Å². The second-order valence-electron chi connectivity index (χ2n) is 1.38. The van der Waals surface area contributed by atoms with Crippen LogP contribution in [0.25, 0.3) is 0 Å². The SMILES string of the molecule is COC[O][Al]([CH3])[O]C. The number of methoxy groups -OCH3 is 1. The van der Waals surface area contributed by atoms with E-state index in [4.69, 9.17) is 7.58 Å². The van der Waals surface area contributed by atoms with Gasteiger partial charge in [0.2, 0.25) is 0 Å². The van der Waals surface area contributed by atoms with Crippen LogP contribution in [-0.4, -0.2) is 35.8 Å². The van der Waals surface area contributed by atoms with E-state index < -0.39 is 14.8 Å². The summed E-state index contributed by atoms with van der Waals surface area (Å²) in [6, 6.07) is 0. The molecule has 0 fully saturated rings. The van der Waals surface area contributed by atoms with E-state index in [1.165, 1.54) is 0 Å². The minimum atomic E-state index is -1.32. The largest absolute Gasteiger partial charge is 0.672 e. The topological polar surface area (TPSA) is 27.7 Å². The molecule has 4 heteroatoms. The molecule has 48 valence electrons. The van der Waals surface area contributed by atoms with E-state index in [-0.39, 0.29) is 0 Å². The zero-order valence-electron chi connectivity index (χ0n) is 5.51. The number of rotatable bonds is 4. The molecule has 0 aromatic rings. The lowest BCUT2D eigenvalue weighted by molar-refractivity contribution is 0.0339. The Labute approximate surface area is 54.6 Å². The van der Waals surface area contributed by atoms with Gasteiger partial charge in [-0.3, -0.25) is 0 Å². The van der Waals surface area contributed by atoms with Crippen LogP contribution < -0.4 is 0 Å². The third-order valence-electron chi connectivity index (χ3n) is 0.753. The van der Waals surface area contributed by atoms with Crippen LogP contribution in [0.15, 0.2) is 0 Å². The van der Waals surface area contributed by atoms with Crippen LogP contribution in [0.3, 0.4) is 0 Å². The number of hydrogen-bond acceptors (Lipinski definition) is 3. The second-order valence-corrected chi connectivity index (χ2v) is 3.32. The van der Waals surface area contributed by atoms with E-state index in [0.717, 1.165) is 0 Å². The van der Waals surface area contributed by atoms with Gasteiger partial charge in [0, 0.05) is 14.2 Å². The van der Waals surface area contributed by atoms with Gasteiger partial charge in [-0.05, 0) is 0 Å². The number of ether oxygens (including phenoxy) is 1. The van der Waals surface area contributed by atoms with Crippen LogP contribution in [0.4, 0.5) is 0 Å². The highest BCUT2D eigenvalue weighted by atomic mass is 27.2. The molecular formula is C4H11AlO3. The van der Waals surface area contributed by atoms with E-state index in [9.17, 15) is 0 Å². The standard InChI is InChI=1S/C2H5O2.CH3O.CH3.Al/c1-4-2-3;1-2;;/h2H2,1H3;1H3;1H3;/q2*-1;;+2. The van der Waals surface area contributed by atoms with Crippen molar-refractivity contribution in [1.82, 2.24) is 0 Å². The fraction of sp³-hybridized carbons (Fsp3) is 1.00. The van der Waals surface area contributed by atoms with Gasteiger partial charge in [-0.25, -0.2) is 0 Å². The zero-order chi connectivity index (χ0) is 6.41. The molecule has 0 rings (SSSR count). The molecule has 0 radical (unpaired) electrons. The highest BCUT2D eigenvalue weighted by Crippen LogP contribution is 1.83. The fourth-order valence-corrected chi connectivity index (χ4v) is 0.696. The minimum Gasteiger partial charge on any atom is -0.481 e. The van der Waals surface area contributed by atoms with Gasteiger partial charge in [-0.15, -0.1) is 0 Å². The van der Waals surface area contributed by atoms with E-state index >= 15 is 0 Å². The average Bonchev–Trinajstić information content (AvgIpc) is 1.83. The van der Waals surface area contributed by atoms with Crippen molar-refractivity contribution in [2.75, 3.05) is 21.0 Å². The van der Waals surface area contributed by atoms with E-state index in [1.54, 1.807) is 14.2 Å². The summed E-state index contributed by atoms with van der Waals surface area (Å²) in [5.41, 5.74) is 0. The molecular weight excluding hydrogens is 123 g/mol. The Bertz CT molecular complexity index is 50.5. The van der Waals surface area contributed by atoms with Crippen LogP contribution in [0.1, 0.15) is 0 Å². The molecule has 0 heterocycles. The van der Waals surface area contributed by atoms with Gasteiger partial charge < -0.3 is 12.3 Å². The summed E-state index contributed by atoms with van der Waals surface area (Å²) in [4.78, 5) is 0. The predicted octanol–water partition coefficient (Wildman–Crippen LogP) is 0.371. The normalized spacial score (nSPS) is 9.38. The summed E-state index contributed by atoms with van der Waals surface area (Å²) in [5.74, 6) is 1.94. The lowest BCUT2D eigenvalue weighted by Crippen LogP contribution is -2.17. The summed E-state index contributed by atoms with van der Waals surface area (Å²) in [6.07, 6.45) is 0. The van der Waals surface area contributed by atoms with Gasteiger partial charge in [-0.2, -0.15) is 0 Å². The van der Waals surface area contributed by atoms with Crippen molar-refractivity contribution >= 4 is 14.8 Å². The van der Waals surface area contributed by atoms with Crippen LogP contribution in [-0.2, 0) is 12.3 Å². The first-order valence-electron chi connectivity index (χ1n) is 2.44. The van der Waals surface area contributed by atoms with Gasteiger partial charge in [0.1, 0.15) is 6.79 Å². The maximum absolute atomic E-state index is 5.03. The molecule has 0 aromatic carbocycles. The maximum Gasteiger partial charge on any atom is 0.672 e. The molecule has 0 atom stereocenters. The zero-order valence-corrected chi connectivity index (χ0v) is 6.66. The van der Waals surface area contributed by atoms with Crippen molar-refractivity contribution in [3.8, 4) is 0 Å². The monoisotopic (exact) mass is 134 g/mol. The fourth-order valence-electron chi connectivity index (χ4n) is 0.232. The van der Waals surface area contributed by atoms with Crippen LogP contribution in [0.5, 0.6) is 0 Å².